The zero-order valence-electron chi connectivity index (χ0n) is 17.1. The summed E-state index contributed by atoms with van der Waals surface area (Å²) in [6.07, 6.45) is 4.72. The van der Waals surface area contributed by atoms with Crippen molar-refractivity contribution in [1.29, 1.82) is 0 Å². The van der Waals surface area contributed by atoms with Gasteiger partial charge in [-0.2, -0.15) is 9.40 Å². The first-order chi connectivity index (χ1) is 14.4. The molecule has 1 aromatic carbocycles. The number of hydrogen-bond donors (Lipinski definition) is 0. The normalized spacial score (nSPS) is 18.4. The first-order valence-electron chi connectivity index (χ1n) is 10.2. The molecule has 0 bridgehead atoms. The molecular formula is C21H25FN4O3S. The summed E-state index contributed by atoms with van der Waals surface area (Å²) in [7, 11) is -3.75. The summed E-state index contributed by atoms with van der Waals surface area (Å²) in [4.78, 5) is 0.231. The average molecular weight is 433 g/mol. The molecule has 3 heterocycles. The Hall–Kier alpha value is -2.52. The third-order valence-corrected chi connectivity index (χ3v) is 7.66. The average Bonchev–Trinajstić information content (AvgIpc) is 3.28. The number of hydrogen-bond acceptors (Lipinski definition) is 5. The first kappa shape index (κ1) is 20.7. The number of benzene rings is 1. The van der Waals surface area contributed by atoms with Crippen molar-refractivity contribution in [3.8, 4) is 11.3 Å². The van der Waals surface area contributed by atoms with E-state index < -0.39 is 16.1 Å². The van der Waals surface area contributed by atoms with Crippen LogP contribution in [0.2, 0.25) is 0 Å². The lowest BCUT2D eigenvalue weighted by atomic mass is 10.1. The molecule has 4 rings (SSSR count). The molecule has 0 saturated carbocycles. The molecule has 1 atom stereocenters. The van der Waals surface area contributed by atoms with Gasteiger partial charge in [0, 0.05) is 24.7 Å². The molecule has 0 radical (unpaired) electrons. The summed E-state index contributed by atoms with van der Waals surface area (Å²) >= 11 is 0. The highest BCUT2D eigenvalue weighted by atomic mass is 32.2. The quantitative estimate of drug-likeness (QED) is 0.600. The fraction of sp³-hybridized carbons (Fsp3) is 0.429. The molecule has 0 spiro atoms. The van der Waals surface area contributed by atoms with E-state index in [2.05, 4.69) is 10.3 Å². The van der Waals surface area contributed by atoms with Crippen LogP contribution in [-0.4, -0.2) is 34.2 Å². The van der Waals surface area contributed by atoms with E-state index in [4.69, 9.17) is 4.52 Å². The van der Waals surface area contributed by atoms with Crippen LogP contribution < -0.4 is 0 Å². The van der Waals surface area contributed by atoms with Crippen molar-refractivity contribution in [2.45, 2.75) is 57.0 Å². The Bertz CT molecular complexity index is 1120. The van der Waals surface area contributed by atoms with Gasteiger partial charge in [0.2, 0.25) is 10.0 Å². The van der Waals surface area contributed by atoms with Crippen LogP contribution in [0.15, 0.2) is 45.9 Å². The molecule has 1 saturated heterocycles. The van der Waals surface area contributed by atoms with E-state index in [1.54, 1.807) is 29.8 Å². The summed E-state index contributed by atoms with van der Waals surface area (Å²) in [6, 6.07) is 7.29. The Kier molecular flexibility index (Phi) is 5.75. The molecule has 0 unspecified atom stereocenters. The fourth-order valence-corrected chi connectivity index (χ4v) is 5.81. The molecule has 2 aromatic heterocycles. The molecule has 0 amide bonds. The van der Waals surface area contributed by atoms with E-state index in [1.807, 2.05) is 6.92 Å². The minimum Gasteiger partial charge on any atom is -0.359 e. The molecule has 0 aliphatic carbocycles. The van der Waals surface area contributed by atoms with Crippen molar-refractivity contribution in [2.75, 3.05) is 6.54 Å². The molecule has 1 aliphatic rings. The number of sulfonamides is 1. The predicted octanol–water partition coefficient (Wildman–Crippen LogP) is 4.31. The van der Waals surface area contributed by atoms with Gasteiger partial charge in [0.05, 0.1) is 17.9 Å². The largest absolute Gasteiger partial charge is 0.359 e. The van der Waals surface area contributed by atoms with Crippen molar-refractivity contribution in [2.24, 2.45) is 0 Å². The lowest BCUT2D eigenvalue weighted by Gasteiger charge is -2.27. The van der Waals surface area contributed by atoms with Gasteiger partial charge in [-0.25, -0.2) is 12.8 Å². The predicted molar refractivity (Wildman–Crippen MR) is 110 cm³/mol. The van der Waals surface area contributed by atoms with E-state index >= 15 is 0 Å². The number of aryl methyl sites for hydroxylation is 1. The third-order valence-electron chi connectivity index (χ3n) is 5.64. The van der Waals surface area contributed by atoms with Crippen molar-refractivity contribution >= 4 is 10.0 Å². The summed E-state index contributed by atoms with van der Waals surface area (Å²) in [6.45, 7) is 4.72. The number of halogens is 1. The van der Waals surface area contributed by atoms with Crippen LogP contribution in [0, 0.1) is 12.7 Å². The minimum absolute atomic E-state index is 0.231. The van der Waals surface area contributed by atoms with Crippen LogP contribution in [0.5, 0.6) is 0 Å². The third kappa shape index (κ3) is 3.79. The summed E-state index contributed by atoms with van der Waals surface area (Å²) in [5.41, 5.74) is 1.90. The second-order valence-electron chi connectivity index (χ2n) is 7.51. The Labute approximate surface area is 175 Å². The van der Waals surface area contributed by atoms with Crippen LogP contribution in [0.1, 0.15) is 50.1 Å². The summed E-state index contributed by atoms with van der Waals surface area (Å²) < 4.78 is 49.1. The standard InChI is InChI=1S/C21H25FN4O3S/c1-3-25-15(2)21(14-23-25)30(27,28)26-12-6-4-5-7-19(26)20-13-18(24-29-20)16-8-10-17(22)11-9-16/h8-11,13-14,19H,3-7,12H2,1-2H3/t19-/m0/s1. The van der Waals surface area contributed by atoms with Gasteiger partial charge in [0.15, 0.2) is 5.76 Å². The molecule has 7 nitrogen and oxygen atoms in total. The topological polar surface area (TPSA) is 81.2 Å². The monoisotopic (exact) mass is 432 g/mol. The maximum atomic E-state index is 13.6. The molecule has 0 N–H and O–H groups in total. The fourth-order valence-electron chi connectivity index (χ4n) is 3.98. The van der Waals surface area contributed by atoms with Gasteiger partial charge in [-0.1, -0.05) is 18.0 Å². The SMILES string of the molecule is CCn1ncc(S(=O)(=O)N2CCCCC[C@H]2c2cc(-c3ccc(F)cc3)no2)c1C. The minimum atomic E-state index is -3.75. The van der Waals surface area contributed by atoms with Crippen LogP contribution in [0.3, 0.4) is 0 Å². The molecular weight excluding hydrogens is 407 g/mol. The molecule has 3 aromatic rings. The molecule has 9 heteroatoms. The van der Waals surface area contributed by atoms with E-state index in [-0.39, 0.29) is 10.7 Å². The second kappa shape index (κ2) is 8.31. The zero-order valence-corrected chi connectivity index (χ0v) is 17.9. The van der Waals surface area contributed by atoms with Crippen molar-refractivity contribution in [3.63, 3.8) is 0 Å². The Morgan fingerprint density at radius 1 is 1.20 bits per heavy atom. The Morgan fingerprint density at radius 2 is 1.97 bits per heavy atom. The number of aromatic nitrogens is 3. The van der Waals surface area contributed by atoms with Crippen molar-refractivity contribution in [1.82, 2.24) is 19.2 Å². The van der Waals surface area contributed by atoms with Crippen molar-refractivity contribution < 1.29 is 17.3 Å². The van der Waals surface area contributed by atoms with Gasteiger partial charge < -0.3 is 4.52 Å². The van der Waals surface area contributed by atoms with Crippen LogP contribution in [0.4, 0.5) is 4.39 Å². The van der Waals surface area contributed by atoms with E-state index in [9.17, 15) is 12.8 Å². The highest BCUT2D eigenvalue weighted by Gasteiger charge is 2.37. The van der Waals surface area contributed by atoms with Gasteiger partial charge in [-0.3, -0.25) is 4.68 Å². The van der Waals surface area contributed by atoms with Gasteiger partial charge in [0.25, 0.3) is 0 Å². The van der Waals surface area contributed by atoms with Crippen LogP contribution in [-0.2, 0) is 16.6 Å². The van der Waals surface area contributed by atoms with Crippen LogP contribution in [0.25, 0.3) is 11.3 Å². The summed E-state index contributed by atoms with van der Waals surface area (Å²) in [5, 5.41) is 8.32. The maximum Gasteiger partial charge on any atom is 0.247 e. The molecule has 1 aliphatic heterocycles. The molecule has 160 valence electrons. The highest BCUT2D eigenvalue weighted by Crippen LogP contribution is 2.36. The van der Waals surface area contributed by atoms with Crippen molar-refractivity contribution in [3.05, 3.63) is 53.8 Å². The van der Waals surface area contributed by atoms with Gasteiger partial charge in [-0.15, -0.1) is 0 Å². The molecule has 1 fully saturated rings. The number of nitrogens with zero attached hydrogens (tertiary/aromatic N) is 4. The highest BCUT2D eigenvalue weighted by molar-refractivity contribution is 7.89. The maximum absolute atomic E-state index is 13.6. The lowest BCUT2D eigenvalue weighted by Crippen LogP contribution is -2.35. The van der Waals surface area contributed by atoms with Gasteiger partial charge in [-0.05, 0) is 51.0 Å². The Morgan fingerprint density at radius 3 is 2.67 bits per heavy atom. The zero-order chi connectivity index (χ0) is 21.3. The summed E-state index contributed by atoms with van der Waals surface area (Å²) in [5.74, 6) is 0.173. The van der Waals surface area contributed by atoms with Gasteiger partial charge in [0.1, 0.15) is 16.4 Å². The first-order valence-corrected chi connectivity index (χ1v) is 11.6. The van der Waals surface area contributed by atoms with Gasteiger partial charge >= 0.3 is 0 Å². The lowest BCUT2D eigenvalue weighted by molar-refractivity contribution is 0.259. The smallest absolute Gasteiger partial charge is 0.247 e. The van der Waals surface area contributed by atoms with Crippen LogP contribution >= 0.6 is 0 Å². The van der Waals surface area contributed by atoms with E-state index in [0.29, 0.717) is 36.7 Å². The van der Waals surface area contributed by atoms with E-state index in [1.165, 1.54) is 22.6 Å². The Balaban J connectivity index is 1.70. The van der Waals surface area contributed by atoms with E-state index in [0.717, 1.165) is 24.8 Å². The molecule has 30 heavy (non-hydrogen) atoms. The number of rotatable bonds is 5. The second-order valence-corrected chi connectivity index (χ2v) is 9.37.